The lowest BCUT2D eigenvalue weighted by Gasteiger charge is -2.52. The van der Waals surface area contributed by atoms with Gasteiger partial charge in [-0.1, -0.05) is 13.3 Å². The smallest absolute Gasteiger partial charge is 0.235 e. The molecule has 0 saturated heterocycles. The normalized spacial score (nSPS) is 32.2. The van der Waals surface area contributed by atoms with Gasteiger partial charge in [-0.3, -0.25) is 28.9 Å². The third-order valence-corrected chi connectivity index (χ3v) is 7.66. The van der Waals surface area contributed by atoms with Crippen LogP contribution in [0.2, 0.25) is 0 Å². The van der Waals surface area contributed by atoms with Crippen molar-refractivity contribution in [2.45, 2.75) is 44.2 Å². The molecule has 4 rings (SSSR count). The predicted octanol–water partition coefficient (Wildman–Crippen LogP) is 0.0459. The number of carbonyl (C=O) groups is 5. The predicted molar refractivity (Wildman–Crippen MR) is 122 cm³/mol. The summed E-state index contributed by atoms with van der Waals surface area (Å²) in [5.74, 6) is -10.1. The average Bonchev–Trinajstić information content (AvgIpc) is 2.77. The van der Waals surface area contributed by atoms with Crippen LogP contribution >= 0.6 is 0 Å². The summed E-state index contributed by atoms with van der Waals surface area (Å²) in [7, 11) is 3.10. The van der Waals surface area contributed by atoms with Gasteiger partial charge in [-0.15, -0.1) is 0 Å². The number of likely N-dealkylation sites (N-methyl/N-ethyl adjacent to an activating group) is 1. The third-order valence-electron chi connectivity index (χ3n) is 7.66. The maximum atomic E-state index is 13.7. The quantitative estimate of drug-likeness (QED) is 0.372. The number of hydrogen-bond acceptors (Lipinski definition) is 9. The molecule has 0 heterocycles. The zero-order chi connectivity index (χ0) is 25.8. The zero-order valence-electron chi connectivity index (χ0n) is 19.9. The van der Waals surface area contributed by atoms with Gasteiger partial charge in [-0.25, -0.2) is 0 Å². The molecule has 0 radical (unpaired) electrons. The molecule has 0 spiro atoms. The SMILES string of the molecule is CCCCOc1ccc(O)c2c1C[C@@H]1C[C@@H]3[C@@H](N(C)C)C(=O)C(C(N)=O)C(=O)[C@]3(O)C(=O)C1C2=O. The molecule has 3 aliphatic carbocycles. The van der Waals surface area contributed by atoms with Crippen molar-refractivity contribution in [3.05, 3.63) is 23.3 Å². The van der Waals surface area contributed by atoms with E-state index < -0.39 is 64.4 Å². The van der Waals surface area contributed by atoms with Crippen LogP contribution in [0, 0.1) is 23.7 Å². The van der Waals surface area contributed by atoms with E-state index in [-0.39, 0.29) is 24.2 Å². The molecule has 10 heteroatoms. The van der Waals surface area contributed by atoms with E-state index in [0.29, 0.717) is 17.9 Å². The van der Waals surface area contributed by atoms with Crippen molar-refractivity contribution in [3.63, 3.8) is 0 Å². The molecular weight excluding hydrogens is 456 g/mol. The van der Waals surface area contributed by atoms with Gasteiger partial charge in [0, 0.05) is 11.5 Å². The van der Waals surface area contributed by atoms with Crippen LogP contribution in [-0.4, -0.2) is 76.5 Å². The van der Waals surface area contributed by atoms with E-state index in [1.54, 1.807) is 20.2 Å². The molecule has 1 amide bonds. The van der Waals surface area contributed by atoms with E-state index in [1.165, 1.54) is 11.0 Å². The Kier molecular flexibility index (Phi) is 6.31. The summed E-state index contributed by atoms with van der Waals surface area (Å²) in [5, 5.41) is 22.0. The molecule has 0 aromatic heterocycles. The molecule has 1 aromatic rings. The van der Waals surface area contributed by atoms with Gasteiger partial charge in [0.15, 0.2) is 34.7 Å². The number of ketones is 4. The Hall–Kier alpha value is -3.11. The highest BCUT2D eigenvalue weighted by Gasteiger charge is 2.69. The van der Waals surface area contributed by atoms with Gasteiger partial charge < -0.3 is 20.7 Å². The molecule has 6 atom stereocenters. The van der Waals surface area contributed by atoms with Crippen molar-refractivity contribution in [3.8, 4) is 11.5 Å². The highest BCUT2D eigenvalue weighted by atomic mass is 16.5. The first kappa shape index (κ1) is 25.0. The van der Waals surface area contributed by atoms with Crippen LogP contribution in [0.3, 0.4) is 0 Å². The van der Waals surface area contributed by atoms with E-state index in [4.69, 9.17) is 10.5 Å². The summed E-state index contributed by atoms with van der Waals surface area (Å²) in [5.41, 5.74) is 2.99. The van der Waals surface area contributed by atoms with Crippen molar-refractivity contribution in [1.82, 2.24) is 4.90 Å². The maximum absolute atomic E-state index is 13.7. The molecule has 2 unspecified atom stereocenters. The number of fused-ring (bicyclic) bond motifs is 3. The number of primary amides is 1. The van der Waals surface area contributed by atoms with Crippen molar-refractivity contribution in [2.75, 3.05) is 20.7 Å². The van der Waals surface area contributed by atoms with Crippen LogP contribution in [-0.2, 0) is 25.6 Å². The van der Waals surface area contributed by atoms with Crippen LogP contribution in [0.15, 0.2) is 12.1 Å². The van der Waals surface area contributed by atoms with E-state index in [2.05, 4.69) is 0 Å². The highest BCUT2D eigenvalue weighted by molar-refractivity contribution is 6.32. The molecule has 188 valence electrons. The van der Waals surface area contributed by atoms with Crippen LogP contribution in [0.5, 0.6) is 11.5 Å². The zero-order valence-corrected chi connectivity index (χ0v) is 19.9. The van der Waals surface area contributed by atoms with Gasteiger partial charge in [0.1, 0.15) is 11.5 Å². The first-order valence-corrected chi connectivity index (χ1v) is 11.8. The fourth-order valence-electron chi connectivity index (χ4n) is 6.04. The van der Waals surface area contributed by atoms with Crippen LogP contribution in [0.1, 0.15) is 42.1 Å². The number of aromatic hydroxyl groups is 1. The number of amides is 1. The van der Waals surface area contributed by atoms with Crippen molar-refractivity contribution in [1.29, 1.82) is 0 Å². The number of rotatable bonds is 6. The Morgan fingerprint density at radius 3 is 2.49 bits per heavy atom. The lowest BCUT2D eigenvalue weighted by Crippen LogP contribution is -2.74. The first-order valence-electron chi connectivity index (χ1n) is 11.8. The number of nitrogens with two attached hydrogens (primary N) is 1. The molecule has 2 saturated carbocycles. The number of Topliss-reactive ketones (excluding diaryl/α,β-unsaturated/α-hetero) is 4. The molecule has 35 heavy (non-hydrogen) atoms. The highest BCUT2D eigenvalue weighted by Crippen LogP contribution is 2.51. The minimum absolute atomic E-state index is 0.00789. The van der Waals surface area contributed by atoms with Gasteiger partial charge in [-0.05, 0) is 51.4 Å². The standard InChI is InChI=1S/C25H30N2O8/c1-4-5-8-35-15-7-6-14(28)17-12(15)9-11-10-13-19(27(2)3)21(30)18(24(26)33)23(32)25(13,34)22(31)16(11)20(17)29/h6-7,11,13,16,18-19,28,34H,4-5,8-10H2,1-3H3,(H2,26,33)/t11-,13-,16?,18?,19-,25-/m1/s1. The number of unbranched alkanes of at least 4 members (excludes halogenated alkanes) is 1. The molecule has 0 bridgehead atoms. The Balaban J connectivity index is 1.81. The Morgan fingerprint density at radius 1 is 1.20 bits per heavy atom. The van der Waals surface area contributed by atoms with Crippen LogP contribution in [0.25, 0.3) is 0 Å². The van der Waals surface area contributed by atoms with E-state index in [0.717, 1.165) is 12.8 Å². The first-order chi connectivity index (χ1) is 16.5. The van der Waals surface area contributed by atoms with Crippen LogP contribution in [0.4, 0.5) is 0 Å². The Morgan fingerprint density at radius 2 is 1.89 bits per heavy atom. The third kappa shape index (κ3) is 3.58. The maximum Gasteiger partial charge on any atom is 0.235 e. The summed E-state index contributed by atoms with van der Waals surface area (Å²) in [6.45, 7) is 2.42. The van der Waals surface area contributed by atoms with Crippen molar-refractivity contribution in [2.24, 2.45) is 29.4 Å². The van der Waals surface area contributed by atoms with Gasteiger partial charge in [0.2, 0.25) is 5.91 Å². The lowest BCUT2D eigenvalue weighted by molar-refractivity contribution is -0.181. The van der Waals surface area contributed by atoms with E-state index in [9.17, 15) is 34.2 Å². The number of aliphatic hydroxyl groups is 1. The number of ether oxygens (including phenoxy) is 1. The Labute approximate surface area is 202 Å². The number of phenols is 1. The van der Waals surface area contributed by atoms with E-state index in [1.807, 2.05) is 6.92 Å². The second-order valence-corrected chi connectivity index (χ2v) is 9.93. The molecule has 10 nitrogen and oxygen atoms in total. The van der Waals surface area contributed by atoms with Gasteiger partial charge in [0.05, 0.1) is 24.1 Å². The van der Waals surface area contributed by atoms with Crippen molar-refractivity contribution >= 4 is 29.0 Å². The average molecular weight is 487 g/mol. The minimum Gasteiger partial charge on any atom is -0.507 e. The second-order valence-electron chi connectivity index (χ2n) is 9.93. The molecule has 0 aliphatic heterocycles. The fraction of sp³-hybridized carbons (Fsp3) is 0.560. The molecule has 2 fully saturated rings. The van der Waals surface area contributed by atoms with Gasteiger partial charge in [-0.2, -0.15) is 0 Å². The second kappa shape index (κ2) is 8.83. The summed E-state index contributed by atoms with van der Waals surface area (Å²) in [6, 6.07) is 1.77. The number of hydrogen-bond donors (Lipinski definition) is 3. The van der Waals surface area contributed by atoms with Crippen molar-refractivity contribution < 1.29 is 38.9 Å². The number of benzene rings is 1. The lowest BCUT2D eigenvalue weighted by atomic mass is 9.52. The summed E-state index contributed by atoms with van der Waals surface area (Å²) < 4.78 is 5.85. The molecule has 4 N–H and O–H groups in total. The number of nitrogens with zero attached hydrogens (tertiary/aromatic N) is 1. The van der Waals surface area contributed by atoms with E-state index >= 15 is 0 Å². The summed E-state index contributed by atoms with van der Waals surface area (Å²) in [6.07, 6.45) is 1.88. The summed E-state index contributed by atoms with van der Waals surface area (Å²) in [4.78, 5) is 67.0. The molecular formula is C25H30N2O8. The van der Waals surface area contributed by atoms with Gasteiger partial charge >= 0.3 is 0 Å². The van der Waals surface area contributed by atoms with Gasteiger partial charge in [0.25, 0.3) is 0 Å². The fourth-order valence-corrected chi connectivity index (χ4v) is 6.04. The number of phenolic OH excluding ortho intramolecular Hbond substituents is 1. The summed E-state index contributed by atoms with van der Waals surface area (Å²) >= 11 is 0. The molecule has 3 aliphatic rings. The number of carbonyl (C=O) groups excluding carboxylic acids is 5. The van der Waals surface area contributed by atoms with Crippen LogP contribution < -0.4 is 10.5 Å². The monoisotopic (exact) mass is 486 g/mol. The molecule has 1 aromatic carbocycles. The Bertz CT molecular complexity index is 1130. The largest absolute Gasteiger partial charge is 0.507 e. The minimum atomic E-state index is -2.72. The topological polar surface area (TPSA) is 164 Å².